The molecule has 5 rings (SSSR count). The Balaban J connectivity index is 1.54. The molecule has 9 heteroatoms. The monoisotopic (exact) mass is 453 g/mol. The smallest absolute Gasteiger partial charge is 0.254 e. The van der Waals surface area contributed by atoms with E-state index in [1.807, 2.05) is 24.3 Å². The lowest BCUT2D eigenvalue weighted by atomic mass is 10.00. The van der Waals surface area contributed by atoms with Crippen LogP contribution in [0.1, 0.15) is 22.5 Å². The summed E-state index contributed by atoms with van der Waals surface area (Å²) in [7, 11) is 1.42. The molecule has 164 valence electrons. The first-order valence-corrected chi connectivity index (χ1v) is 10.5. The van der Waals surface area contributed by atoms with Gasteiger partial charge in [0.2, 0.25) is 17.4 Å². The van der Waals surface area contributed by atoms with Gasteiger partial charge in [-0.05, 0) is 41.4 Å². The third kappa shape index (κ3) is 3.47. The summed E-state index contributed by atoms with van der Waals surface area (Å²) in [5, 5.41) is 24.8. The second-order valence-electron chi connectivity index (χ2n) is 7.72. The number of rotatable bonds is 5. The van der Waals surface area contributed by atoms with E-state index >= 15 is 0 Å². The number of hydrogen-bond donors (Lipinski definition) is 3. The fourth-order valence-electron chi connectivity index (χ4n) is 4.07. The van der Waals surface area contributed by atoms with E-state index in [-0.39, 0.29) is 29.2 Å². The number of ketones is 1. The van der Waals surface area contributed by atoms with E-state index in [1.54, 1.807) is 12.1 Å². The lowest BCUT2D eigenvalue weighted by Gasteiger charge is -2.18. The lowest BCUT2D eigenvalue weighted by molar-refractivity contribution is 0.0999. The molecule has 1 aliphatic rings. The Labute approximate surface area is 188 Å². The number of aromatic amines is 1. The molecule has 0 bridgehead atoms. The molecule has 2 aromatic carbocycles. The molecule has 0 aliphatic carbocycles. The number of aromatic nitrogens is 2. The molecule has 1 atom stereocenters. The summed E-state index contributed by atoms with van der Waals surface area (Å²) in [5.41, 5.74) is 3.20. The molecule has 32 heavy (non-hydrogen) atoms. The van der Waals surface area contributed by atoms with Crippen LogP contribution in [0.15, 0.2) is 47.0 Å². The summed E-state index contributed by atoms with van der Waals surface area (Å²) in [5.74, 6) is -0.689. The highest BCUT2D eigenvalue weighted by Crippen LogP contribution is 2.38. The maximum atomic E-state index is 13.0. The van der Waals surface area contributed by atoms with Gasteiger partial charge in [-0.25, -0.2) is 0 Å². The third-order valence-electron chi connectivity index (χ3n) is 5.72. The number of H-pyrrole nitrogens is 1. The topological polar surface area (TPSA) is 112 Å². The number of benzene rings is 2. The van der Waals surface area contributed by atoms with E-state index in [0.29, 0.717) is 22.5 Å². The van der Waals surface area contributed by atoms with Crippen LogP contribution in [-0.4, -0.2) is 52.4 Å². The summed E-state index contributed by atoms with van der Waals surface area (Å²) < 4.78 is 10.0. The van der Waals surface area contributed by atoms with E-state index in [9.17, 15) is 15.0 Å². The van der Waals surface area contributed by atoms with Gasteiger partial charge in [-0.2, -0.15) is 0 Å². The van der Waals surface area contributed by atoms with E-state index in [0.717, 1.165) is 29.8 Å². The molecule has 0 saturated carbocycles. The quantitative estimate of drug-likeness (QED) is 0.391. The van der Waals surface area contributed by atoms with Crippen LogP contribution in [0.3, 0.4) is 0 Å². The fraction of sp³-hybridized carbons (Fsp3) is 0.217. The number of fused-ring (bicyclic) bond motifs is 1. The highest BCUT2D eigenvalue weighted by molar-refractivity contribution is 6.34. The number of β-amino-alcohol motifs (C(OH)–C–C–N with tert-alkyl or cyclic N) is 1. The number of anilines is 1. The van der Waals surface area contributed by atoms with Gasteiger partial charge in [-0.15, -0.1) is 0 Å². The van der Waals surface area contributed by atoms with Crippen molar-refractivity contribution >= 4 is 34.0 Å². The number of nitrogens with one attached hydrogen (secondary N) is 1. The molecule has 2 aromatic heterocycles. The van der Waals surface area contributed by atoms with Crippen molar-refractivity contribution in [2.24, 2.45) is 0 Å². The molecule has 3 heterocycles. The van der Waals surface area contributed by atoms with Gasteiger partial charge >= 0.3 is 0 Å². The van der Waals surface area contributed by atoms with Crippen molar-refractivity contribution in [3.8, 4) is 22.9 Å². The number of aliphatic hydroxyl groups is 1. The van der Waals surface area contributed by atoms with Crippen LogP contribution >= 0.6 is 11.6 Å². The molecule has 4 aromatic rings. The number of methoxy groups -OCH3 is 1. The maximum Gasteiger partial charge on any atom is 0.254 e. The second-order valence-corrected chi connectivity index (χ2v) is 8.13. The molecule has 0 unspecified atom stereocenters. The van der Waals surface area contributed by atoms with Crippen LogP contribution in [0.2, 0.25) is 5.02 Å². The van der Waals surface area contributed by atoms with Gasteiger partial charge in [0.25, 0.3) is 5.88 Å². The SMILES string of the molecule is COc1cc(C(=O)c2c(O)[nH]c3cc(Cl)c(-c4ccc(N5CC[C@H](O)C5)cc4)cc23)on1. The van der Waals surface area contributed by atoms with Crippen molar-refractivity contribution in [1.82, 2.24) is 10.1 Å². The highest BCUT2D eigenvalue weighted by Gasteiger charge is 2.25. The molecule has 8 nitrogen and oxygen atoms in total. The molecule has 3 N–H and O–H groups in total. The molecular formula is C23H20ClN3O5. The average Bonchev–Trinajstić information content (AvgIpc) is 3.51. The van der Waals surface area contributed by atoms with Crippen molar-refractivity contribution in [3.05, 3.63) is 58.8 Å². The minimum Gasteiger partial charge on any atom is -0.494 e. The minimum absolute atomic E-state index is 0.0493. The number of carbonyl (C=O) groups is 1. The van der Waals surface area contributed by atoms with Crippen LogP contribution in [0, 0.1) is 0 Å². The van der Waals surface area contributed by atoms with Crippen LogP contribution in [0.4, 0.5) is 5.69 Å². The summed E-state index contributed by atoms with van der Waals surface area (Å²) in [6.45, 7) is 1.43. The maximum absolute atomic E-state index is 13.0. The molecule has 0 radical (unpaired) electrons. The average molecular weight is 454 g/mol. The molecule has 0 amide bonds. The normalized spacial score (nSPS) is 16.1. The number of ether oxygens (including phenoxy) is 1. The van der Waals surface area contributed by atoms with Crippen LogP contribution in [-0.2, 0) is 0 Å². The van der Waals surface area contributed by atoms with Gasteiger partial charge in [0.15, 0.2) is 0 Å². The summed E-state index contributed by atoms with van der Waals surface area (Å²) in [6, 6.07) is 12.7. The Kier molecular flexibility index (Phi) is 5.03. The largest absolute Gasteiger partial charge is 0.494 e. The van der Waals surface area contributed by atoms with Gasteiger partial charge in [-0.1, -0.05) is 23.7 Å². The predicted molar refractivity (Wildman–Crippen MR) is 120 cm³/mol. The number of aliphatic hydroxyl groups excluding tert-OH is 1. The summed E-state index contributed by atoms with van der Waals surface area (Å²) in [6.07, 6.45) is 0.461. The number of carbonyl (C=O) groups excluding carboxylic acids is 1. The van der Waals surface area contributed by atoms with Gasteiger partial charge < -0.3 is 29.4 Å². The summed E-state index contributed by atoms with van der Waals surface area (Å²) in [4.78, 5) is 17.9. The zero-order chi connectivity index (χ0) is 22.4. The Bertz CT molecular complexity index is 1310. The molecule has 1 fully saturated rings. The number of nitrogens with zero attached hydrogens (tertiary/aromatic N) is 2. The van der Waals surface area contributed by atoms with Crippen LogP contribution < -0.4 is 9.64 Å². The minimum atomic E-state index is -0.527. The van der Waals surface area contributed by atoms with E-state index in [4.69, 9.17) is 20.9 Å². The zero-order valence-electron chi connectivity index (χ0n) is 17.1. The number of aromatic hydroxyl groups is 1. The Morgan fingerprint density at radius 3 is 2.72 bits per heavy atom. The van der Waals surface area contributed by atoms with Gasteiger partial charge in [0.1, 0.15) is 0 Å². The molecule has 1 saturated heterocycles. The van der Waals surface area contributed by atoms with Gasteiger partial charge in [0.05, 0.1) is 35.4 Å². The third-order valence-corrected chi connectivity index (χ3v) is 6.03. The molecule has 0 spiro atoms. The molecule has 1 aliphatic heterocycles. The van der Waals surface area contributed by atoms with Crippen LogP contribution in [0.5, 0.6) is 11.8 Å². The second kappa shape index (κ2) is 7.89. The van der Waals surface area contributed by atoms with Crippen molar-refractivity contribution in [2.75, 3.05) is 25.1 Å². The molecular weight excluding hydrogens is 434 g/mol. The standard InChI is InChI=1S/C23H20ClN3O5/c1-31-20-10-19(32-26-20)22(29)21-16-8-15(17(24)9-18(16)25-23(21)30)12-2-4-13(5-3-12)27-7-6-14(28)11-27/h2-5,8-10,14,25,28,30H,6-7,11H2,1H3/t14-/m0/s1. The van der Waals surface area contributed by atoms with Crippen molar-refractivity contribution in [1.29, 1.82) is 0 Å². The first kappa shape index (κ1) is 20.4. The Morgan fingerprint density at radius 1 is 1.28 bits per heavy atom. The predicted octanol–water partition coefficient (Wildman–Crippen LogP) is 3.99. The first-order chi connectivity index (χ1) is 15.4. The zero-order valence-corrected chi connectivity index (χ0v) is 17.9. The Morgan fingerprint density at radius 2 is 2.06 bits per heavy atom. The fourth-order valence-corrected chi connectivity index (χ4v) is 4.34. The van der Waals surface area contributed by atoms with Crippen molar-refractivity contribution in [3.63, 3.8) is 0 Å². The number of hydrogen-bond acceptors (Lipinski definition) is 7. The van der Waals surface area contributed by atoms with E-state index < -0.39 is 5.78 Å². The lowest BCUT2D eigenvalue weighted by Crippen LogP contribution is -2.20. The van der Waals surface area contributed by atoms with Crippen molar-refractivity contribution < 1.29 is 24.3 Å². The van der Waals surface area contributed by atoms with E-state index in [2.05, 4.69) is 15.0 Å². The Hall–Kier alpha value is -3.49. The van der Waals surface area contributed by atoms with Crippen molar-refractivity contribution in [2.45, 2.75) is 12.5 Å². The van der Waals surface area contributed by atoms with Gasteiger partial charge in [-0.3, -0.25) is 4.79 Å². The van der Waals surface area contributed by atoms with E-state index in [1.165, 1.54) is 13.2 Å². The number of halogens is 1. The van der Waals surface area contributed by atoms with Crippen LogP contribution in [0.25, 0.3) is 22.0 Å². The summed E-state index contributed by atoms with van der Waals surface area (Å²) >= 11 is 6.53. The highest BCUT2D eigenvalue weighted by atomic mass is 35.5. The van der Waals surface area contributed by atoms with Gasteiger partial charge in [0, 0.05) is 29.7 Å². The first-order valence-electron chi connectivity index (χ1n) is 10.1.